The van der Waals surface area contributed by atoms with Crippen molar-refractivity contribution in [2.45, 2.75) is 31.7 Å². The van der Waals surface area contributed by atoms with Crippen molar-refractivity contribution in [2.75, 3.05) is 18.8 Å². The number of thiol groups is 1. The summed E-state index contributed by atoms with van der Waals surface area (Å²) in [5, 5.41) is 6.27. The predicted octanol–water partition coefficient (Wildman–Crippen LogP) is 0.565. The second kappa shape index (κ2) is 6.27. The zero-order valence-electron chi connectivity index (χ0n) is 7.88. The van der Waals surface area contributed by atoms with Crippen LogP contribution in [0.15, 0.2) is 0 Å². The van der Waals surface area contributed by atoms with Crippen LogP contribution in [0.4, 0.5) is 0 Å². The topological polar surface area (TPSA) is 41.1 Å². The first-order valence-electron chi connectivity index (χ1n) is 4.94. The summed E-state index contributed by atoms with van der Waals surface area (Å²) in [7, 11) is 0. The molecule has 1 aliphatic rings. The van der Waals surface area contributed by atoms with E-state index in [1.807, 2.05) is 0 Å². The standard InChI is InChI=1S/C9H18N2OS/c12-9(7-13)11-6-8-4-2-1-3-5-10-8/h8,10,13H,1-7H2,(H,11,12). The van der Waals surface area contributed by atoms with Gasteiger partial charge in [-0.3, -0.25) is 4.79 Å². The SMILES string of the molecule is O=C(CS)NCC1CCCCCN1. The molecule has 0 bridgehead atoms. The molecule has 1 amide bonds. The number of amides is 1. The van der Waals surface area contributed by atoms with Gasteiger partial charge >= 0.3 is 0 Å². The molecule has 0 aromatic carbocycles. The van der Waals surface area contributed by atoms with Gasteiger partial charge in [-0.15, -0.1) is 0 Å². The maximum absolute atomic E-state index is 10.9. The van der Waals surface area contributed by atoms with E-state index < -0.39 is 0 Å². The average Bonchev–Trinajstić information content (AvgIpc) is 2.42. The van der Waals surface area contributed by atoms with Crippen LogP contribution < -0.4 is 10.6 Å². The van der Waals surface area contributed by atoms with Crippen LogP contribution in [0.1, 0.15) is 25.7 Å². The molecule has 76 valence electrons. The second-order valence-corrected chi connectivity index (χ2v) is 3.78. The van der Waals surface area contributed by atoms with Gasteiger partial charge in [0.25, 0.3) is 0 Å². The second-order valence-electron chi connectivity index (χ2n) is 3.46. The summed E-state index contributed by atoms with van der Waals surface area (Å²) in [5.74, 6) is 0.307. The van der Waals surface area contributed by atoms with Crippen molar-refractivity contribution in [2.24, 2.45) is 0 Å². The number of carbonyl (C=O) groups is 1. The molecule has 3 nitrogen and oxygen atoms in total. The van der Waals surface area contributed by atoms with Crippen LogP contribution in [0.25, 0.3) is 0 Å². The highest BCUT2D eigenvalue weighted by Gasteiger charge is 2.11. The Morgan fingerprint density at radius 3 is 3.08 bits per heavy atom. The summed E-state index contributed by atoms with van der Waals surface area (Å²) in [6, 6.07) is 0.464. The van der Waals surface area contributed by atoms with Gasteiger partial charge in [0.05, 0.1) is 5.75 Å². The maximum Gasteiger partial charge on any atom is 0.229 e. The van der Waals surface area contributed by atoms with Crippen LogP contribution in [-0.4, -0.2) is 30.8 Å². The van der Waals surface area contributed by atoms with Crippen LogP contribution >= 0.6 is 12.6 Å². The number of hydrogen-bond donors (Lipinski definition) is 3. The molecule has 1 fully saturated rings. The van der Waals surface area contributed by atoms with Crippen LogP contribution in [0, 0.1) is 0 Å². The predicted molar refractivity (Wildman–Crippen MR) is 57.1 cm³/mol. The van der Waals surface area contributed by atoms with E-state index in [0.717, 1.165) is 13.1 Å². The van der Waals surface area contributed by atoms with Crippen molar-refractivity contribution in [1.29, 1.82) is 0 Å². The fraction of sp³-hybridized carbons (Fsp3) is 0.889. The molecule has 2 N–H and O–H groups in total. The Labute approximate surface area is 85.1 Å². The normalized spacial score (nSPS) is 23.6. The fourth-order valence-corrected chi connectivity index (χ4v) is 1.68. The van der Waals surface area contributed by atoms with Crippen molar-refractivity contribution in [3.63, 3.8) is 0 Å². The molecule has 1 rings (SSSR count). The van der Waals surface area contributed by atoms with Gasteiger partial charge in [-0.1, -0.05) is 12.8 Å². The van der Waals surface area contributed by atoms with Gasteiger partial charge < -0.3 is 10.6 Å². The highest BCUT2D eigenvalue weighted by Crippen LogP contribution is 2.07. The quantitative estimate of drug-likeness (QED) is 0.586. The summed E-state index contributed by atoms with van der Waals surface area (Å²) in [4.78, 5) is 10.9. The number of rotatable bonds is 3. The average molecular weight is 202 g/mol. The third kappa shape index (κ3) is 4.52. The van der Waals surface area contributed by atoms with Crippen LogP contribution in [-0.2, 0) is 4.79 Å². The molecule has 1 aliphatic heterocycles. The van der Waals surface area contributed by atoms with Gasteiger partial charge in [-0.05, 0) is 19.4 Å². The Kier molecular flexibility index (Phi) is 5.23. The van der Waals surface area contributed by atoms with E-state index in [4.69, 9.17) is 0 Å². The maximum atomic E-state index is 10.9. The van der Waals surface area contributed by atoms with Crippen molar-refractivity contribution in [3.05, 3.63) is 0 Å². The zero-order chi connectivity index (χ0) is 9.52. The summed E-state index contributed by atoms with van der Waals surface area (Å²) in [6.07, 6.45) is 5.02. The van der Waals surface area contributed by atoms with Crippen molar-refractivity contribution >= 4 is 18.5 Å². The van der Waals surface area contributed by atoms with Crippen molar-refractivity contribution < 1.29 is 4.79 Å². The third-order valence-electron chi connectivity index (χ3n) is 2.35. The highest BCUT2D eigenvalue weighted by molar-refractivity contribution is 7.81. The third-order valence-corrected chi connectivity index (χ3v) is 2.64. The summed E-state index contributed by atoms with van der Waals surface area (Å²) >= 11 is 3.90. The Hall–Kier alpha value is -0.220. The first-order chi connectivity index (χ1) is 6.33. The highest BCUT2D eigenvalue weighted by atomic mass is 32.1. The molecule has 0 spiro atoms. The van der Waals surface area contributed by atoms with Gasteiger partial charge in [-0.25, -0.2) is 0 Å². The minimum atomic E-state index is 0.0226. The zero-order valence-corrected chi connectivity index (χ0v) is 8.78. The van der Waals surface area contributed by atoms with Gasteiger partial charge in [0.1, 0.15) is 0 Å². The first-order valence-corrected chi connectivity index (χ1v) is 5.57. The summed E-state index contributed by atoms with van der Waals surface area (Å²) in [6.45, 7) is 1.83. The van der Waals surface area contributed by atoms with Gasteiger partial charge in [0.2, 0.25) is 5.91 Å². The van der Waals surface area contributed by atoms with E-state index in [1.54, 1.807) is 0 Å². The minimum absolute atomic E-state index is 0.0226. The Bertz CT molecular complexity index is 156. The van der Waals surface area contributed by atoms with E-state index >= 15 is 0 Å². The lowest BCUT2D eigenvalue weighted by Crippen LogP contribution is -2.40. The smallest absolute Gasteiger partial charge is 0.229 e. The van der Waals surface area contributed by atoms with E-state index in [-0.39, 0.29) is 11.7 Å². The fourth-order valence-electron chi connectivity index (χ4n) is 1.57. The number of nitrogens with one attached hydrogen (secondary N) is 2. The first kappa shape index (κ1) is 10.9. The summed E-state index contributed by atoms with van der Waals surface area (Å²) < 4.78 is 0. The van der Waals surface area contributed by atoms with E-state index in [0.29, 0.717) is 6.04 Å². The lowest BCUT2D eigenvalue weighted by molar-refractivity contribution is -0.118. The lowest BCUT2D eigenvalue weighted by Gasteiger charge is -2.15. The Balaban J connectivity index is 2.15. The molecule has 1 saturated heterocycles. The molecule has 13 heavy (non-hydrogen) atoms. The molecule has 0 saturated carbocycles. The van der Waals surface area contributed by atoms with Crippen LogP contribution in [0.2, 0.25) is 0 Å². The lowest BCUT2D eigenvalue weighted by atomic mass is 10.1. The van der Waals surface area contributed by atoms with Crippen molar-refractivity contribution in [1.82, 2.24) is 10.6 Å². The molecule has 0 aromatic heterocycles. The molecule has 1 heterocycles. The molecule has 4 heteroatoms. The monoisotopic (exact) mass is 202 g/mol. The molecule has 1 unspecified atom stereocenters. The minimum Gasteiger partial charge on any atom is -0.354 e. The van der Waals surface area contributed by atoms with Gasteiger partial charge in [0, 0.05) is 12.6 Å². The largest absolute Gasteiger partial charge is 0.354 e. The number of hydrogen-bond acceptors (Lipinski definition) is 3. The van der Waals surface area contributed by atoms with Gasteiger partial charge in [0.15, 0.2) is 0 Å². The van der Waals surface area contributed by atoms with Crippen LogP contribution in [0.5, 0.6) is 0 Å². The molecule has 0 radical (unpaired) electrons. The molecule has 0 aliphatic carbocycles. The Morgan fingerprint density at radius 2 is 2.31 bits per heavy atom. The molecular weight excluding hydrogens is 184 g/mol. The number of carbonyl (C=O) groups excluding carboxylic acids is 1. The summed E-state index contributed by atoms with van der Waals surface area (Å²) in [5.41, 5.74) is 0. The van der Waals surface area contributed by atoms with E-state index in [1.165, 1.54) is 25.7 Å². The molecule has 1 atom stereocenters. The van der Waals surface area contributed by atoms with Gasteiger partial charge in [-0.2, -0.15) is 12.6 Å². The van der Waals surface area contributed by atoms with E-state index in [9.17, 15) is 4.79 Å². The Morgan fingerprint density at radius 1 is 1.46 bits per heavy atom. The van der Waals surface area contributed by atoms with Crippen molar-refractivity contribution in [3.8, 4) is 0 Å². The molecule has 0 aromatic rings. The molecular formula is C9H18N2OS. The van der Waals surface area contributed by atoms with E-state index in [2.05, 4.69) is 23.3 Å². The van der Waals surface area contributed by atoms with Crippen LogP contribution in [0.3, 0.4) is 0 Å².